The van der Waals surface area contributed by atoms with Crippen molar-refractivity contribution in [3.63, 3.8) is 0 Å². The summed E-state index contributed by atoms with van der Waals surface area (Å²) in [5, 5.41) is 0. The van der Waals surface area contributed by atoms with Gasteiger partial charge in [-0.2, -0.15) is 0 Å². The van der Waals surface area contributed by atoms with Gasteiger partial charge in [0.15, 0.2) is 5.76 Å². The molecule has 12 nitrogen and oxygen atoms in total. The van der Waals surface area contributed by atoms with E-state index < -0.39 is 50.6 Å². The molecule has 0 amide bonds. The molecule has 2 aromatic carbocycles. The zero-order valence-corrected chi connectivity index (χ0v) is 29.5. The quantitative estimate of drug-likeness (QED) is 0.196. The Morgan fingerprint density at radius 2 is 1.18 bits per heavy atom. The summed E-state index contributed by atoms with van der Waals surface area (Å²) < 4.78 is 26.8. The molecule has 0 atom stereocenters. The van der Waals surface area contributed by atoms with E-state index in [1.165, 1.54) is 36.7 Å². The fourth-order valence-electron chi connectivity index (χ4n) is 5.77. The molecule has 0 bridgehead atoms. The molecule has 0 spiro atoms. The first-order valence-electron chi connectivity index (χ1n) is 15.7. The Morgan fingerprint density at radius 3 is 1.59 bits per heavy atom. The van der Waals surface area contributed by atoms with Gasteiger partial charge in [0.25, 0.3) is 0 Å². The molecule has 0 fully saturated rings. The van der Waals surface area contributed by atoms with Crippen LogP contribution in [0, 0.1) is 0 Å². The van der Waals surface area contributed by atoms with Crippen LogP contribution in [-0.2, 0) is 48.3 Å². The van der Waals surface area contributed by atoms with E-state index in [1.54, 1.807) is 6.08 Å². The highest BCUT2D eigenvalue weighted by Crippen LogP contribution is 2.49. The summed E-state index contributed by atoms with van der Waals surface area (Å²) in [5.41, 5.74) is 8.65. The Balaban J connectivity index is 1.86. The van der Waals surface area contributed by atoms with E-state index in [0.29, 0.717) is 11.5 Å². The lowest BCUT2D eigenvalue weighted by molar-refractivity contribution is -0.509. The first kappa shape index (κ1) is 36.4. The molecule has 49 heavy (non-hydrogen) atoms. The molecular formula is C37H44N3O9+. The summed E-state index contributed by atoms with van der Waals surface area (Å²) in [7, 11) is 9.59. The molecule has 0 aromatic heterocycles. The first-order valence-corrected chi connectivity index (χ1v) is 15.7. The number of benzene rings is 2. The predicted molar refractivity (Wildman–Crippen MR) is 184 cm³/mol. The summed E-state index contributed by atoms with van der Waals surface area (Å²) in [5.74, 6) is -2.37. The summed E-state index contributed by atoms with van der Waals surface area (Å²) >= 11 is 0. The largest absolute Gasteiger partial charge is 0.490 e. The van der Waals surface area contributed by atoms with E-state index in [0.717, 1.165) is 33.6 Å². The van der Waals surface area contributed by atoms with E-state index >= 15 is 0 Å². The van der Waals surface area contributed by atoms with Crippen molar-refractivity contribution >= 4 is 46.5 Å². The number of ether oxygens (including phenoxy) is 5. The molecule has 4 rings (SSSR count). The van der Waals surface area contributed by atoms with Crippen molar-refractivity contribution in [1.82, 2.24) is 0 Å². The second kappa shape index (κ2) is 15.2. The second-order valence-electron chi connectivity index (χ2n) is 12.5. The molecule has 0 saturated heterocycles. The van der Waals surface area contributed by atoms with Crippen LogP contribution in [0.25, 0.3) is 5.57 Å². The Labute approximate surface area is 286 Å². The van der Waals surface area contributed by atoms with Crippen LogP contribution in [0.15, 0.2) is 66.0 Å². The molecule has 0 unspecified atom stereocenters. The van der Waals surface area contributed by atoms with Gasteiger partial charge in [-0.15, -0.1) is 0 Å². The number of rotatable bonds is 11. The second-order valence-corrected chi connectivity index (χ2v) is 12.5. The summed E-state index contributed by atoms with van der Waals surface area (Å²) in [6, 6.07) is 13.0. The molecule has 2 aliphatic carbocycles. The van der Waals surface area contributed by atoms with E-state index in [2.05, 4.69) is 60.0 Å². The van der Waals surface area contributed by atoms with Crippen LogP contribution in [0.2, 0.25) is 0 Å². The number of allylic oxidation sites excluding steroid dienone is 4. The lowest BCUT2D eigenvalue weighted by Gasteiger charge is -2.38. The maximum Gasteiger partial charge on any atom is 0.375 e. The molecule has 0 aliphatic heterocycles. The van der Waals surface area contributed by atoms with Gasteiger partial charge in [0.05, 0.1) is 7.11 Å². The number of anilines is 2. The van der Waals surface area contributed by atoms with Crippen LogP contribution in [0.4, 0.5) is 11.4 Å². The minimum atomic E-state index is -0.764. The first-order chi connectivity index (χ1) is 23.1. The van der Waals surface area contributed by atoms with Gasteiger partial charge in [0, 0.05) is 64.9 Å². The Hall–Kier alpha value is -5.39. The molecule has 0 radical (unpaired) electrons. The SMILES string of the molecule is COC1=CC(=C2c3ccc(N(C)C)cc3C(C)(C)c3cc(N(C)C)ccc32)C=CC1=[N+](CC(=O)OCOC(C)=O)CC(=O)OCOC(C)=O. The summed E-state index contributed by atoms with van der Waals surface area (Å²) in [6.07, 6.45) is 5.55. The number of fused-ring (bicyclic) bond motifs is 2. The average Bonchev–Trinajstić information content (AvgIpc) is 3.03. The van der Waals surface area contributed by atoms with Gasteiger partial charge in [-0.05, 0) is 69.8 Å². The van der Waals surface area contributed by atoms with Gasteiger partial charge >= 0.3 is 23.9 Å². The van der Waals surface area contributed by atoms with Crippen LogP contribution in [0.5, 0.6) is 0 Å². The Kier molecular flexibility index (Phi) is 11.3. The van der Waals surface area contributed by atoms with Gasteiger partial charge in [-0.3, -0.25) is 9.59 Å². The number of hydrogen-bond donors (Lipinski definition) is 0. The van der Waals surface area contributed by atoms with Gasteiger partial charge in [0.1, 0.15) is 0 Å². The highest BCUT2D eigenvalue weighted by molar-refractivity contribution is 6.07. The van der Waals surface area contributed by atoms with Crippen molar-refractivity contribution in [2.75, 3.05) is 71.8 Å². The molecule has 2 aromatic rings. The van der Waals surface area contributed by atoms with E-state index in [4.69, 9.17) is 23.7 Å². The van der Waals surface area contributed by atoms with E-state index in [1.807, 2.05) is 40.3 Å². The third-order valence-electron chi connectivity index (χ3n) is 8.34. The van der Waals surface area contributed by atoms with Gasteiger partial charge in [-0.1, -0.05) is 26.0 Å². The normalized spacial score (nSPS) is 14.1. The molecular weight excluding hydrogens is 630 g/mol. The lowest BCUT2D eigenvalue weighted by Crippen LogP contribution is -2.35. The van der Waals surface area contributed by atoms with Crippen LogP contribution >= 0.6 is 0 Å². The van der Waals surface area contributed by atoms with Crippen molar-refractivity contribution in [1.29, 1.82) is 0 Å². The predicted octanol–water partition coefficient (Wildman–Crippen LogP) is 3.94. The highest BCUT2D eigenvalue weighted by Gasteiger charge is 2.37. The number of nitrogens with zero attached hydrogens (tertiary/aromatic N) is 3. The Morgan fingerprint density at radius 1 is 0.714 bits per heavy atom. The third kappa shape index (κ3) is 8.37. The molecule has 12 heteroatoms. The van der Waals surface area contributed by atoms with Gasteiger partial charge < -0.3 is 33.5 Å². The van der Waals surface area contributed by atoms with Crippen molar-refractivity contribution in [2.24, 2.45) is 0 Å². The molecule has 0 heterocycles. The average molecular weight is 675 g/mol. The van der Waals surface area contributed by atoms with E-state index in [9.17, 15) is 19.2 Å². The highest BCUT2D eigenvalue weighted by atomic mass is 16.7. The minimum absolute atomic E-state index is 0.314. The third-order valence-corrected chi connectivity index (χ3v) is 8.34. The van der Waals surface area contributed by atoms with Crippen LogP contribution in [0.1, 0.15) is 49.9 Å². The number of carbonyl (C=O) groups excluding carboxylic acids is 4. The zero-order valence-electron chi connectivity index (χ0n) is 29.5. The topological polar surface area (TPSA) is 124 Å². The van der Waals surface area contributed by atoms with Gasteiger partial charge in [0.2, 0.25) is 32.4 Å². The van der Waals surface area contributed by atoms with Crippen molar-refractivity contribution in [2.45, 2.75) is 33.1 Å². The standard InChI is InChI=1S/C37H44N3O9/c1-23(41)46-21-48-34(43)19-40(20-35(44)49-22-47-24(2)42)32-15-10-25(16-33(32)45-9)36-28-13-11-26(38(5)6)17-30(28)37(3,4)31-18-27(39(7)8)12-14-29(31)36/h10-18H,19-22H2,1-9H3/q+1. The summed E-state index contributed by atoms with van der Waals surface area (Å²) in [4.78, 5) is 52.0. The molecule has 260 valence electrons. The van der Waals surface area contributed by atoms with Crippen LogP contribution in [0.3, 0.4) is 0 Å². The monoisotopic (exact) mass is 674 g/mol. The number of methoxy groups -OCH3 is 1. The van der Waals surface area contributed by atoms with Gasteiger partial charge in [-0.25, -0.2) is 14.2 Å². The van der Waals surface area contributed by atoms with E-state index in [-0.39, 0.29) is 5.41 Å². The molecule has 0 N–H and O–H groups in total. The number of carbonyl (C=O) groups is 4. The fourth-order valence-corrected chi connectivity index (χ4v) is 5.77. The number of esters is 4. The van der Waals surface area contributed by atoms with Crippen LogP contribution < -0.4 is 9.80 Å². The maximum absolute atomic E-state index is 12.8. The molecule has 2 aliphatic rings. The zero-order chi connectivity index (χ0) is 36.0. The smallest absolute Gasteiger partial charge is 0.375 e. The number of hydrogen-bond acceptors (Lipinski definition) is 11. The van der Waals surface area contributed by atoms with Crippen molar-refractivity contribution < 1.29 is 47.4 Å². The Bertz CT molecular complexity index is 1680. The lowest BCUT2D eigenvalue weighted by atomic mass is 9.66. The molecule has 0 saturated carbocycles. The fraction of sp³-hybridized carbons (Fsp3) is 0.378. The van der Waals surface area contributed by atoms with Crippen molar-refractivity contribution in [3.8, 4) is 0 Å². The maximum atomic E-state index is 12.8. The van der Waals surface area contributed by atoms with Crippen molar-refractivity contribution in [3.05, 3.63) is 88.2 Å². The summed E-state index contributed by atoms with van der Waals surface area (Å²) in [6.45, 7) is 4.90. The minimum Gasteiger partial charge on any atom is -0.490 e. The van der Waals surface area contributed by atoms with Crippen LogP contribution in [-0.4, -0.2) is 96.1 Å².